The first kappa shape index (κ1) is 15.5. The predicted octanol–water partition coefficient (Wildman–Crippen LogP) is 3.32. The maximum absolute atomic E-state index is 10.4. The van der Waals surface area contributed by atoms with Gasteiger partial charge in [0.1, 0.15) is 22.5 Å². The fourth-order valence-corrected chi connectivity index (χ4v) is 2.68. The number of rotatable bonds is 5. The zero-order chi connectivity index (χ0) is 16.4. The number of fused-ring (bicyclic) bond motifs is 1. The highest BCUT2D eigenvalue weighted by Crippen LogP contribution is 2.28. The van der Waals surface area contributed by atoms with Crippen LogP contribution >= 0.6 is 0 Å². The van der Waals surface area contributed by atoms with Gasteiger partial charge in [-0.3, -0.25) is 0 Å². The van der Waals surface area contributed by atoms with Crippen LogP contribution in [0.4, 0.5) is 0 Å². The van der Waals surface area contributed by atoms with Crippen molar-refractivity contribution >= 4 is 11.0 Å². The fraction of sp³-hybridized carbons (Fsp3) is 0.333. The topological polar surface area (TPSA) is 60.2 Å². The number of hydrogen-bond donors (Lipinski definition) is 1. The molecule has 0 unspecified atom stereocenters. The molecule has 0 amide bonds. The van der Waals surface area contributed by atoms with Crippen LogP contribution in [0.25, 0.3) is 16.7 Å². The minimum absolute atomic E-state index is 0.220. The Hall–Kier alpha value is -2.40. The first-order valence-electron chi connectivity index (χ1n) is 7.74. The second-order valence-corrected chi connectivity index (χ2v) is 5.86. The molecule has 5 heteroatoms. The van der Waals surface area contributed by atoms with Crippen molar-refractivity contribution in [1.29, 1.82) is 0 Å². The Morgan fingerprint density at radius 2 is 1.87 bits per heavy atom. The molecule has 5 nitrogen and oxygen atoms in total. The van der Waals surface area contributed by atoms with Crippen LogP contribution in [-0.4, -0.2) is 33.8 Å². The van der Waals surface area contributed by atoms with Gasteiger partial charge in [-0.2, -0.15) is 0 Å². The first-order chi connectivity index (χ1) is 11.1. The van der Waals surface area contributed by atoms with E-state index < -0.39 is 0 Å². The molecule has 0 saturated carbocycles. The lowest BCUT2D eigenvalue weighted by Gasteiger charge is -2.10. The molecule has 0 aliphatic carbocycles. The SMILES string of the molecule is COCCCc1cc(C)c(O)c(-n2nc3ccc(C)cc3n2)c1. The highest BCUT2D eigenvalue weighted by atomic mass is 16.5. The molecule has 0 fully saturated rings. The fourth-order valence-electron chi connectivity index (χ4n) is 2.68. The molecular weight excluding hydrogens is 290 g/mol. The summed E-state index contributed by atoms with van der Waals surface area (Å²) < 4.78 is 5.10. The number of methoxy groups -OCH3 is 1. The second kappa shape index (κ2) is 6.38. The largest absolute Gasteiger partial charge is 0.505 e. The predicted molar refractivity (Wildman–Crippen MR) is 90.2 cm³/mol. The highest BCUT2D eigenvalue weighted by molar-refractivity contribution is 5.74. The number of phenolic OH excluding ortho intramolecular Hbond substituents is 1. The molecule has 0 atom stereocenters. The van der Waals surface area contributed by atoms with Crippen LogP contribution in [-0.2, 0) is 11.2 Å². The highest BCUT2D eigenvalue weighted by Gasteiger charge is 2.12. The average molecular weight is 311 g/mol. The summed E-state index contributed by atoms with van der Waals surface area (Å²) in [5.74, 6) is 0.220. The van der Waals surface area contributed by atoms with Crippen LogP contribution in [0.2, 0.25) is 0 Å². The summed E-state index contributed by atoms with van der Waals surface area (Å²) in [5, 5.41) is 19.4. The third kappa shape index (κ3) is 3.19. The van der Waals surface area contributed by atoms with E-state index in [0.29, 0.717) is 5.69 Å². The van der Waals surface area contributed by atoms with Crippen molar-refractivity contribution in [2.45, 2.75) is 26.7 Å². The van der Waals surface area contributed by atoms with E-state index in [2.05, 4.69) is 10.2 Å². The third-order valence-corrected chi connectivity index (χ3v) is 3.91. The van der Waals surface area contributed by atoms with E-state index >= 15 is 0 Å². The summed E-state index contributed by atoms with van der Waals surface area (Å²) in [4.78, 5) is 1.52. The molecule has 120 valence electrons. The summed E-state index contributed by atoms with van der Waals surface area (Å²) in [6, 6.07) is 9.89. The minimum Gasteiger partial charge on any atom is -0.505 e. The summed E-state index contributed by atoms with van der Waals surface area (Å²) in [6.07, 6.45) is 1.83. The molecular formula is C18H21N3O2. The molecule has 0 bridgehead atoms. The monoisotopic (exact) mass is 311 g/mol. The van der Waals surface area contributed by atoms with Crippen LogP contribution in [0, 0.1) is 13.8 Å². The van der Waals surface area contributed by atoms with Gasteiger partial charge in [0.25, 0.3) is 0 Å². The van der Waals surface area contributed by atoms with E-state index in [0.717, 1.165) is 47.2 Å². The minimum atomic E-state index is 0.220. The van der Waals surface area contributed by atoms with Crippen molar-refractivity contribution < 1.29 is 9.84 Å². The van der Waals surface area contributed by atoms with Gasteiger partial charge in [0, 0.05) is 13.7 Å². The molecule has 1 heterocycles. The van der Waals surface area contributed by atoms with Crippen LogP contribution in [0.5, 0.6) is 5.75 Å². The Bertz CT molecular complexity index is 840. The van der Waals surface area contributed by atoms with E-state index in [1.165, 1.54) is 4.80 Å². The van der Waals surface area contributed by atoms with Crippen molar-refractivity contribution in [2.24, 2.45) is 0 Å². The van der Waals surface area contributed by atoms with Crippen molar-refractivity contribution in [3.05, 3.63) is 47.0 Å². The lowest BCUT2D eigenvalue weighted by Crippen LogP contribution is -2.02. The van der Waals surface area contributed by atoms with Gasteiger partial charge < -0.3 is 9.84 Å². The van der Waals surface area contributed by atoms with Gasteiger partial charge in [0.2, 0.25) is 0 Å². The van der Waals surface area contributed by atoms with Crippen molar-refractivity contribution in [1.82, 2.24) is 15.0 Å². The van der Waals surface area contributed by atoms with Crippen molar-refractivity contribution in [3.8, 4) is 11.4 Å². The second-order valence-electron chi connectivity index (χ2n) is 5.86. The quantitative estimate of drug-likeness (QED) is 0.734. The Balaban J connectivity index is 2.02. The number of aromatic hydroxyl groups is 1. The standard InChI is InChI=1S/C18H21N3O2/c1-12-6-7-15-16(9-12)20-21(19-15)17-11-14(5-4-8-23-3)10-13(2)18(17)22/h6-7,9-11,22H,4-5,8H2,1-3H3. The average Bonchev–Trinajstić information content (AvgIpc) is 2.93. The normalized spacial score (nSPS) is 11.3. The number of aromatic nitrogens is 3. The van der Waals surface area contributed by atoms with Crippen molar-refractivity contribution in [3.63, 3.8) is 0 Å². The lowest BCUT2D eigenvalue weighted by atomic mass is 10.0. The Morgan fingerprint density at radius 3 is 2.65 bits per heavy atom. The molecule has 0 spiro atoms. The molecule has 2 aromatic carbocycles. The smallest absolute Gasteiger partial charge is 0.146 e. The number of ether oxygens (including phenoxy) is 1. The van der Waals surface area contributed by atoms with E-state index in [9.17, 15) is 5.11 Å². The number of phenols is 1. The van der Waals surface area contributed by atoms with Gasteiger partial charge in [0.15, 0.2) is 0 Å². The molecule has 0 aliphatic heterocycles. The first-order valence-corrected chi connectivity index (χ1v) is 7.74. The molecule has 0 radical (unpaired) electrons. The van der Waals surface area contributed by atoms with E-state index in [1.807, 2.05) is 44.2 Å². The maximum Gasteiger partial charge on any atom is 0.146 e. The zero-order valence-electron chi connectivity index (χ0n) is 13.7. The van der Waals surface area contributed by atoms with E-state index in [4.69, 9.17) is 4.74 Å². The summed E-state index contributed by atoms with van der Waals surface area (Å²) in [7, 11) is 1.70. The maximum atomic E-state index is 10.4. The zero-order valence-corrected chi connectivity index (χ0v) is 13.7. The van der Waals surface area contributed by atoms with E-state index in [1.54, 1.807) is 7.11 Å². The van der Waals surface area contributed by atoms with Gasteiger partial charge in [0.05, 0.1) is 0 Å². The van der Waals surface area contributed by atoms with Gasteiger partial charge in [-0.25, -0.2) is 0 Å². The molecule has 0 aliphatic rings. The van der Waals surface area contributed by atoms with Crippen LogP contribution in [0.15, 0.2) is 30.3 Å². The van der Waals surface area contributed by atoms with Crippen molar-refractivity contribution in [2.75, 3.05) is 13.7 Å². The summed E-state index contributed by atoms with van der Waals surface area (Å²) in [5.41, 5.74) is 5.37. The summed E-state index contributed by atoms with van der Waals surface area (Å²) in [6.45, 7) is 4.64. The molecule has 3 rings (SSSR count). The van der Waals surface area contributed by atoms with Crippen LogP contribution in [0.1, 0.15) is 23.1 Å². The Morgan fingerprint density at radius 1 is 1.09 bits per heavy atom. The third-order valence-electron chi connectivity index (χ3n) is 3.91. The molecule has 3 aromatic rings. The van der Waals surface area contributed by atoms with Gasteiger partial charge in [-0.1, -0.05) is 12.1 Å². The molecule has 1 aromatic heterocycles. The van der Waals surface area contributed by atoms with E-state index in [-0.39, 0.29) is 5.75 Å². The Labute approximate surface area is 135 Å². The molecule has 23 heavy (non-hydrogen) atoms. The number of hydrogen-bond acceptors (Lipinski definition) is 4. The van der Waals surface area contributed by atoms with Crippen LogP contribution < -0.4 is 0 Å². The molecule has 0 saturated heterocycles. The number of aryl methyl sites for hydroxylation is 3. The van der Waals surface area contributed by atoms with Gasteiger partial charge in [-0.05, 0) is 61.6 Å². The van der Waals surface area contributed by atoms with Crippen LogP contribution in [0.3, 0.4) is 0 Å². The molecule has 1 N–H and O–H groups in total. The number of benzene rings is 2. The van der Waals surface area contributed by atoms with Gasteiger partial charge in [-0.15, -0.1) is 15.0 Å². The summed E-state index contributed by atoms with van der Waals surface area (Å²) >= 11 is 0. The number of nitrogens with zero attached hydrogens (tertiary/aromatic N) is 3. The lowest BCUT2D eigenvalue weighted by molar-refractivity contribution is 0.195. The van der Waals surface area contributed by atoms with Gasteiger partial charge >= 0.3 is 0 Å². The Kier molecular flexibility index (Phi) is 4.30.